The van der Waals surface area contributed by atoms with Gasteiger partial charge in [0.2, 0.25) is 0 Å². The lowest BCUT2D eigenvalue weighted by molar-refractivity contribution is 0.364. The predicted molar refractivity (Wildman–Crippen MR) is 83.8 cm³/mol. The molecule has 3 heteroatoms. The maximum Gasteiger partial charge on any atom is 0.129 e. The van der Waals surface area contributed by atoms with Gasteiger partial charge in [0.05, 0.1) is 0 Å². The zero-order valence-corrected chi connectivity index (χ0v) is 13.8. The average Bonchev–Trinajstić information content (AvgIpc) is 2.40. The molecule has 0 aliphatic rings. The van der Waals surface area contributed by atoms with Gasteiger partial charge in [-0.15, -0.1) is 0 Å². The van der Waals surface area contributed by atoms with Crippen LogP contribution in [0.3, 0.4) is 0 Å². The van der Waals surface area contributed by atoms with Gasteiger partial charge in [0, 0.05) is 16.1 Å². The molecular formula is C16H25BrFN. The van der Waals surface area contributed by atoms with Crippen molar-refractivity contribution in [3.63, 3.8) is 0 Å². The minimum atomic E-state index is -0.117. The van der Waals surface area contributed by atoms with E-state index in [1.165, 1.54) is 0 Å². The Balaban J connectivity index is 2.88. The quantitative estimate of drug-likeness (QED) is 0.668. The second kappa shape index (κ2) is 8.70. The van der Waals surface area contributed by atoms with Crippen LogP contribution < -0.4 is 5.32 Å². The van der Waals surface area contributed by atoms with E-state index in [2.05, 4.69) is 42.0 Å². The van der Waals surface area contributed by atoms with E-state index in [-0.39, 0.29) is 11.9 Å². The third-order valence-electron chi connectivity index (χ3n) is 3.70. The minimum absolute atomic E-state index is 0.117. The average molecular weight is 330 g/mol. The van der Waals surface area contributed by atoms with Gasteiger partial charge in [0.15, 0.2) is 0 Å². The van der Waals surface area contributed by atoms with E-state index < -0.39 is 0 Å². The van der Waals surface area contributed by atoms with Crippen LogP contribution in [0.4, 0.5) is 4.39 Å². The smallest absolute Gasteiger partial charge is 0.129 e. The number of hydrogen-bond donors (Lipinski definition) is 1. The first-order valence-corrected chi connectivity index (χ1v) is 8.09. The first kappa shape index (κ1) is 16.6. The fourth-order valence-electron chi connectivity index (χ4n) is 2.38. The molecule has 0 saturated heterocycles. The van der Waals surface area contributed by atoms with Crippen molar-refractivity contribution in [2.24, 2.45) is 5.92 Å². The molecule has 19 heavy (non-hydrogen) atoms. The SMILES string of the molecule is CCCNC(CC(CC)CC)c1ccc(Br)cc1F. The van der Waals surface area contributed by atoms with Crippen LogP contribution in [0, 0.1) is 11.7 Å². The molecular weight excluding hydrogens is 305 g/mol. The van der Waals surface area contributed by atoms with Crippen molar-refractivity contribution in [1.82, 2.24) is 5.32 Å². The van der Waals surface area contributed by atoms with Gasteiger partial charge in [-0.1, -0.05) is 55.6 Å². The van der Waals surface area contributed by atoms with E-state index >= 15 is 0 Å². The lowest BCUT2D eigenvalue weighted by Crippen LogP contribution is -2.25. The van der Waals surface area contributed by atoms with Gasteiger partial charge >= 0.3 is 0 Å². The van der Waals surface area contributed by atoms with E-state index in [1.807, 2.05) is 12.1 Å². The van der Waals surface area contributed by atoms with Gasteiger partial charge in [-0.3, -0.25) is 0 Å². The van der Waals surface area contributed by atoms with Gasteiger partial charge in [-0.25, -0.2) is 4.39 Å². The summed E-state index contributed by atoms with van der Waals surface area (Å²) in [5.41, 5.74) is 0.795. The highest BCUT2D eigenvalue weighted by Gasteiger charge is 2.18. The third kappa shape index (κ3) is 5.23. The fraction of sp³-hybridized carbons (Fsp3) is 0.625. The second-order valence-electron chi connectivity index (χ2n) is 5.09. The van der Waals surface area contributed by atoms with Crippen LogP contribution in [-0.4, -0.2) is 6.54 Å². The Hall–Kier alpha value is -0.410. The third-order valence-corrected chi connectivity index (χ3v) is 4.20. The summed E-state index contributed by atoms with van der Waals surface area (Å²) in [4.78, 5) is 0. The number of rotatable bonds is 8. The van der Waals surface area contributed by atoms with Crippen molar-refractivity contribution in [1.29, 1.82) is 0 Å². The van der Waals surface area contributed by atoms with Crippen LogP contribution in [0.5, 0.6) is 0 Å². The second-order valence-corrected chi connectivity index (χ2v) is 6.01. The number of halogens is 2. The van der Waals surface area contributed by atoms with Gasteiger partial charge in [0.25, 0.3) is 0 Å². The predicted octanol–water partition coefficient (Wildman–Crippen LogP) is 5.46. The molecule has 1 atom stereocenters. The van der Waals surface area contributed by atoms with Crippen molar-refractivity contribution in [2.75, 3.05) is 6.54 Å². The lowest BCUT2D eigenvalue weighted by atomic mass is 9.91. The molecule has 1 unspecified atom stereocenters. The highest BCUT2D eigenvalue weighted by Crippen LogP contribution is 2.28. The molecule has 1 aromatic carbocycles. The molecule has 0 saturated carbocycles. The van der Waals surface area contributed by atoms with Crippen LogP contribution in [-0.2, 0) is 0 Å². The molecule has 1 nitrogen and oxygen atoms in total. The van der Waals surface area contributed by atoms with Crippen molar-refractivity contribution in [2.45, 2.75) is 52.5 Å². The Morgan fingerprint density at radius 2 is 1.89 bits per heavy atom. The summed E-state index contributed by atoms with van der Waals surface area (Å²) < 4.78 is 14.9. The standard InChI is InChI=1S/C16H25BrFN/c1-4-9-19-16(10-12(5-2)6-3)14-8-7-13(17)11-15(14)18/h7-8,11-12,16,19H,4-6,9-10H2,1-3H3. The van der Waals surface area contributed by atoms with Gasteiger partial charge in [-0.2, -0.15) is 0 Å². The van der Waals surface area contributed by atoms with E-state index in [4.69, 9.17) is 0 Å². The zero-order valence-electron chi connectivity index (χ0n) is 12.2. The van der Waals surface area contributed by atoms with E-state index in [0.717, 1.165) is 42.3 Å². The van der Waals surface area contributed by atoms with Crippen molar-refractivity contribution in [3.8, 4) is 0 Å². The van der Waals surface area contributed by atoms with E-state index in [9.17, 15) is 4.39 Å². The molecule has 108 valence electrons. The van der Waals surface area contributed by atoms with Crippen LogP contribution in [0.25, 0.3) is 0 Å². The monoisotopic (exact) mass is 329 g/mol. The van der Waals surface area contributed by atoms with Crippen molar-refractivity contribution in [3.05, 3.63) is 34.1 Å². The molecule has 0 aliphatic heterocycles. The molecule has 0 aliphatic carbocycles. The maximum atomic E-state index is 14.1. The minimum Gasteiger partial charge on any atom is -0.310 e. The molecule has 1 aromatic rings. The molecule has 0 radical (unpaired) electrons. The highest BCUT2D eigenvalue weighted by molar-refractivity contribution is 9.10. The van der Waals surface area contributed by atoms with Crippen LogP contribution in [0.2, 0.25) is 0 Å². The Morgan fingerprint density at radius 1 is 1.21 bits per heavy atom. The molecule has 1 N–H and O–H groups in total. The van der Waals surface area contributed by atoms with Gasteiger partial charge in [0.1, 0.15) is 5.82 Å². The number of benzene rings is 1. The van der Waals surface area contributed by atoms with Gasteiger partial charge in [-0.05, 0) is 37.4 Å². The molecule has 1 rings (SSSR count). The molecule has 0 aromatic heterocycles. The molecule has 0 heterocycles. The highest BCUT2D eigenvalue weighted by atomic mass is 79.9. The van der Waals surface area contributed by atoms with E-state index in [1.54, 1.807) is 6.07 Å². The summed E-state index contributed by atoms with van der Waals surface area (Å²) >= 11 is 3.32. The summed E-state index contributed by atoms with van der Waals surface area (Å²) in [6.45, 7) is 7.49. The van der Waals surface area contributed by atoms with Gasteiger partial charge < -0.3 is 5.32 Å². The summed E-state index contributed by atoms with van der Waals surface area (Å²) in [6, 6.07) is 5.50. The molecule has 0 bridgehead atoms. The zero-order chi connectivity index (χ0) is 14.3. The lowest BCUT2D eigenvalue weighted by Gasteiger charge is -2.24. The largest absolute Gasteiger partial charge is 0.310 e. The maximum absolute atomic E-state index is 14.1. The van der Waals surface area contributed by atoms with Crippen molar-refractivity contribution >= 4 is 15.9 Å². The Morgan fingerprint density at radius 3 is 2.42 bits per heavy atom. The normalized spacial score (nSPS) is 12.9. The Bertz CT molecular complexity index is 377. The van der Waals surface area contributed by atoms with Crippen LogP contribution in [0.15, 0.2) is 22.7 Å². The topological polar surface area (TPSA) is 12.0 Å². The van der Waals surface area contributed by atoms with Crippen molar-refractivity contribution < 1.29 is 4.39 Å². The Kier molecular flexibility index (Phi) is 7.62. The van der Waals surface area contributed by atoms with Crippen LogP contribution in [0.1, 0.15) is 58.1 Å². The fourth-order valence-corrected chi connectivity index (χ4v) is 2.71. The molecule has 0 spiro atoms. The molecule has 0 fully saturated rings. The number of hydrogen-bond acceptors (Lipinski definition) is 1. The van der Waals surface area contributed by atoms with E-state index in [0.29, 0.717) is 5.92 Å². The summed E-state index contributed by atoms with van der Waals surface area (Å²) in [5.74, 6) is 0.534. The molecule has 0 amide bonds. The summed E-state index contributed by atoms with van der Waals surface area (Å²) in [7, 11) is 0. The van der Waals surface area contributed by atoms with Crippen LogP contribution >= 0.6 is 15.9 Å². The summed E-state index contributed by atoms with van der Waals surface area (Å²) in [5, 5.41) is 3.49. The first-order valence-electron chi connectivity index (χ1n) is 7.30. The Labute approximate surface area is 125 Å². The first-order chi connectivity index (χ1) is 9.12. The summed E-state index contributed by atoms with van der Waals surface area (Å²) in [6.07, 6.45) is 4.38. The number of nitrogens with one attached hydrogen (secondary N) is 1.